The third-order valence-electron chi connectivity index (χ3n) is 6.21. The van der Waals surface area contributed by atoms with E-state index < -0.39 is 0 Å². The summed E-state index contributed by atoms with van der Waals surface area (Å²) in [5.41, 5.74) is 0.319. The van der Waals surface area contributed by atoms with Crippen molar-refractivity contribution in [1.82, 2.24) is 10.2 Å². The van der Waals surface area contributed by atoms with E-state index in [4.69, 9.17) is 4.74 Å². The van der Waals surface area contributed by atoms with Crippen LogP contribution in [0.4, 0.5) is 0 Å². The summed E-state index contributed by atoms with van der Waals surface area (Å²) in [6.45, 7) is 4.39. The maximum atomic E-state index is 13.1. The van der Waals surface area contributed by atoms with E-state index in [0.29, 0.717) is 17.9 Å². The maximum Gasteiger partial charge on any atom is 0.231 e. The highest BCUT2D eigenvalue weighted by molar-refractivity contribution is 5.83. The van der Waals surface area contributed by atoms with E-state index in [1.165, 1.54) is 38.5 Å². The predicted octanol–water partition coefficient (Wildman–Crippen LogP) is 2.19. The monoisotopic (exact) mass is 294 g/mol. The molecule has 1 saturated carbocycles. The molecule has 0 aromatic rings. The molecule has 120 valence electrons. The number of nitrogens with one attached hydrogen (secondary N) is 1. The quantitative estimate of drug-likeness (QED) is 0.867. The van der Waals surface area contributed by atoms with E-state index in [2.05, 4.69) is 10.2 Å². The van der Waals surface area contributed by atoms with Crippen LogP contribution < -0.4 is 5.32 Å². The molecule has 0 unspecified atom stereocenters. The molecule has 4 nitrogen and oxygen atoms in total. The molecular formula is C17H30N2O2. The molecule has 1 amide bonds. The lowest BCUT2D eigenvalue weighted by Gasteiger charge is -2.44. The number of carbonyl (C=O) groups is 1. The fourth-order valence-corrected chi connectivity index (χ4v) is 4.75. The minimum absolute atomic E-state index is 0.264. The van der Waals surface area contributed by atoms with Crippen LogP contribution in [0.2, 0.25) is 0 Å². The van der Waals surface area contributed by atoms with Gasteiger partial charge in [0.15, 0.2) is 0 Å². The van der Waals surface area contributed by atoms with Gasteiger partial charge in [-0.05, 0) is 57.0 Å². The standard InChI is InChI=1S/C17H30N2O2/c1-21-14-17(6-10-18-11-7-17)15(20)19-12-8-16(9-13-19)4-2-3-5-16/h18H,2-14H2,1H3. The van der Waals surface area contributed by atoms with E-state index in [9.17, 15) is 4.79 Å². The summed E-state index contributed by atoms with van der Waals surface area (Å²) in [6, 6.07) is 0. The maximum absolute atomic E-state index is 13.1. The van der Waals surface area contributed by atoms with Crippen LogP contribution in [-0.2, 0) is 9.53 Å². The van der Waals surface area contributed by atoms with Gasteiger partial charge in [-0.15, -0.1) is 0 Å². The Kier molecular flexibility index (Phi) is 4.55. The molecule has 3 rings (SSSR count). The summed E-state index contributed by atoms with van der Waals surface area (Å²) in [6.07, 6.45) is 9.85. The SMILES string of the molecule is COCC1(C(=O)N2CCC3(CCCC3)CC2)CCNCC1. The predicted molar refractivity (Wildman–Crippen MR) is 83.1 cm³/mol. The van der Waals surface area contributed by atoms with Gasteiger partial charge in [-0.3, -0.25) is 4.79 Å². The second-order valence-electron chi connectivity index (χ2n) is 7.46. The fraction of sp³-hybridized carbons (Fsp3) is 0.941. The summed E-state index contributed by atoms with van der Waals surface area (Å²) >= 11 is 0. The van der Waals surface area contributed by atoms with Crippen molar-refractivity contribution in [1.29, 1.82) is 0 Å². The first-order chi connectivity index (χ1) is 10.2. The second-order valence-corrected chi connectivity index (χ2v) is 7.46. The number of nitrogens with zero attached hydrogens (tertiary/aromatic N) is 1. The Labute approximate surface area is 128 Å². The Bertz CT molecular complexity index is 355. The van der Waals surface area contributed by atoms with Gasteiger partial charge in [0.05, 0.1) is 12.0 Å². The van der Waals surface area contributed by atoms with Crippen molar-refractivity contribution in [3.05, 3.63) is 0 Å². The summed E-state index contributed by atoms with van der Waals surface area (Å²) in [4.78, 5) is 15.2. The molecule has 21 heavy (non-hydrogen) atoms. The van der Waals surface area contributed by atoms with Crippen molar-refractivity contribution in [2.45, 2.75) is 51.4 Å². The molecule has 1 aliphatic carbocycles. The van der Waals surface area contributed by atoms with Gasteiger partial charge in [-0.2, -0.15) is 0 Å². The second kappa shape index (κ2) is 6.25. The van der Waals surface area contributed by atoms with Crippen LogP contribution in [0, 0.1) is 10.8 Å². The van der Waals surface area contributed by atoms with Gasteiger partial charge in [-0.25, -0.2) is 0 Å². The first-order valence-corrected chi connectivity index (χ1v) is 8.69. The molecule has 2 heterocycles. The zero-order chi connectivity index (χ0) is 14.8. The number of hydrogen-bond donors (Lipinski definition) is 1. The van der Waals surface area contributed by atoms with Crippen LogP contribution in [0.1, 0.15) is 51.4 Å². The number of likely N-dealkylation sites (tertiary alicyclic amines) is 1. The van der Waals surface area contributed by atoms with Crippen molar-refractivity contribution >= 4 is 5.91 Å². The summed E-state index contributed by atoms with van der Waals surface area (Å²) in [5.74, 6) is 0.360. The first-order valence-electron chi connectivity index (χ1n) is 8.69. The highest BCUT2D eigenvalue weighted by atomic mass is 16.5. The summed E-state index contributed by atoms with van der Waals surface area (Å²) in [5, 5.41) is 3.37. The highest BCUT2D eigenvalue weighted by Gasteiger charge is 2.45. The Morgan fingerprint density at radius 1 is 1.05 bits per heavy atom. The molecule has 0 aromatic carbocycles. The van der Waals surface area contributed by atoms with Crippen LogP contribution in [0.25, 0.3) is 0 Å². The molecule has 0 aromatic heterocycles. The van der Waals surface area contributed by atoms with Crippen LogP contribution in [0.15, 0.2) is 0 Å². The molecule has 2 saturated heterocycles. The first kappa shape index (κ1) is 15.3. The van der Waals surface area contributed by atoms with Gasteiger partial charge in [0, 0.05) is 20.2 Å². The van der Waals surface area contributed by atoms with Gasteiger partial charge >= 0.3 is 0 Å². The lowest BCUT2D eigenvalue weighted by atomic mass is 9.74. The lowest BCUT2D eigenvalue weighted by Crippen LogP contribution is -2.54. The number of carbonyl (C=O) groups excluding carboxylic acids is 1. The summed E-state index contributed by atoms with van der Waals surface area (Å²) in [7, 11) is 1.72. The number of ether oxygens (including phenoxy) is 1. The minimum atomic E-state index is -0.264. The van der Waals surface area contributed by atoms with Crippen molar-refractivity contribution < 1.29 is 9.53 Å². The number of methoxy groups -OCH3 is 1. The van der Waals surface area contributed by atoms with Gasteiger partial charge < -0.3 is 15.0 Å². The molecule has 3 fully saturated rings. The number of piperidine rings is 2. The Hall–Kier alpha value is -0.610. The van der Waals surface area contributed by atoms with E-state index in [1.54, 1.807) is 7.11 Å². The number of amides is 1. The molecule has 0 atom stereocenters. The Morgan fingerprint density at radius 3 is 2.24 bits per heavy atom. The van der Waals surface area contributed by atoms with Gasteiger partial charge in [0.2, 0.25) is 5.91 Å². The zero-order valence-electron chi connectivity index (χ0n) is 13.5. The molecule has 3 aliphatic rings. The molecular weight excluding hydrogens is 264 g/mol. The summed E-state index contributed by atoms with van der Waals surface area (Å²) < 4.78 is 5.41. The number of rotatable bonds is 3. The smallest absolute Gasteiger partial charge is 0.231 e. The van der Waals surface area contributed by atoms with E-state index in [-0.39, 0.29) is 5.41 Å². The molecule has 2 aliphatic heterocycles. The van der Waals surface area contributed by atoms with Crippen LogP contribution in [-0.4, -0.2) is 50.7 Å². The molecule has 4 heteroatoms. The Morgan fingerprint density at radius 2 is 1.67 bits per heavy atom. The average Bonchev–Trinajstić information content (AvgIpc) is 2.97. The van der Waals surface area contributed by atoms with Crippen LogP contribution in [0.3, 0.4) is 0 Å². The van der Waals surface area contributed by atoms with E-state index in [0.717, 1.165) is 39.0 Å². The van der Waals surface area contributed by atoms with Gasteiger partial charge in [-0.1, -0.05) is 12.8 Å². The van der Waals surface area contributed by atoms with E-state index in [1.807, 2.05) is 0 Å². The van der Waals surface area contributed by atoms with Crippen molar-refractivity contribution in [3.63, 3.8) is 0 Å². The number of hydrogen-bond acceptors (Lipinski definition) is 3. The van der Waals surface area contributed by atoms with E-state index >= 15 is 0 Å². The highest BCUT2D eigenvalue weighted by Crippen LogP contribution is 2.46. The lowest BCUT2D eigenvalue weighted by molar-refractivity contribution is -0.150. The van der Waals surface area contributed by atoms with Gasteiger partial charge in [0.1, 0.15) is 0 Å². The molecule has 1 N–H and O–H groups in total. The third-order valence-corrected chi connectivity index (χ3v) is 6.21. The fourth-order valence-electron chi connectivity index (χ4n) is 4.75. The zero-order valence-corrected chi connectivity index (χ0v) is 13.5. The Balaban J connectivity index is 1.64. The topological polar surface area (TPSA) is 41.6 Å². The van der Waals surface area contributed by atoms with Crippen LogP contribution >= 0.6 is 0 Å². The third kappa shape index (κ3) is 2.98. The van der Waals surface area contributed by atoms with Crippen LogP contribution in [0.5, 0.6) is 0 Å². The van der Waals surface area contributed by atoms with Crippen molar-refractivity contribution in [2.24, 2.45) is 10.8 Å². The molecule has 1 spiro atoms. The minimum Gasteiger partial charge on any atom is -0.384 e. The molecule has 0 bridgehead atoms. The van der Waals surface area contributed by atoms with Gasteiger partial charge in [0.25, 0.3) is 0 Å². The van der Waals surface area contributed by atoms with Crippen molar-refractivity contribution in [2.75, 3.05) is 39.9 Å². The largest absolute Gasteiger partial charge is 0.384 e. The molecule has 0 radical (unpaired) electrons. The van der Waals surface area contributed by atoms with Crippen molar-refractivity contribution in [3.8, 4) is 0 Å². The average molecular weight is 294 g/mol. The normalized spacial score (nSPS) is 28.0.